The van der Waals surface area contributed by atoms with E-state index < -0.39 is 5.97 Å². The van der Waals surface area contributed by atoms with E-state index in [1.54, 1.807) is 49.3 Å². The molecule has 0 aliphatic rings. The van der Waals surface area contributed by atoms with Crippen LogP contribution in [0.25, 0.3) is 22.0 Å². The maximum Gasteiger partial charge on any atom is 0.356 e. The molecule has 122 valence electrons. The first kappa shape index (κ1) is 16.6. The number of nitrogens with zero attached hydrogens (tertiary/aromatic N) is 2. The van der Waals surface area contributed by atoms with E-state index in [1.807, 2.05) is 12.1 Å². The molecule has 0 amide bonds. The van der Waals surface area contributed by atoms with Crippen molar-refractivity contribution in [1.29, 1.82) is 0 Å². The molecule has 0 spiro atoms. The smallest absolute Gasteiger partial charge is 0.356 e. The van der Waals surface area contributed by atoms with E-state index in [0.29, 0.717) is 21.2 Å². The van der Waals surface area contributed by atoms with E-state index in [1.165, 1.54) is 0 Å². The molecule has 4 nitrogen and oxygen atoms in total. The van der Waals surface area contributed by atoms with Crippen LogP contribution in [0, 0.1) is 0 Å². The van der Waals surface area contributed by atoms with Gasteiger partial charge in [-0.15, -0.1) is 0 Å². The average Bonchev–Trinajstić information content (AvgIpc) is 2.52. The Kier molecular flexibility index (Phi) is 4.35. The van der Waals surface area contributed by atoms with Gasteiger partial charge in [0.25, 0.3) is 0 Å². The van der Waals surface area contributed by atoms with Crippen molar-refractivity contribution in [2.24, 2.45) is 0 Å². The van der Waals surface area contributed by atoms with Gasteiger partial charge in [-0.05, 0) is 35.9 Å². The summed E-state index contributed by atoms with van der Waals surface area (Å²) in [4.78, 5) is 17.8. The summed E-state index contributed by atoms with van der Waals surface area (Å²) in [6.07, 6.45) is 0. The molecule has 0 saturated carbocycles. The van der Waals surface area contributed by atoms with Gasteiger partial charge in [0.15, 0.2) is 5.69 Å². The van der Waals surface area contributed by atoms with Gasteiger partial charge in [-0.3, -0.25) is 0 Å². The molecule has 6 heteroatoms. The lowest BCUT2D eigenvalue weighted by molar-refractivity contribution is 0.0692. The van der Waals surface area contributed by atoms with Crippen molar-refractivity contribution in [3.05, 3.63) is 58.2 Å². The van der Waals surface area contributed by atoms with Crippen LogP contribution in [0.15, 0.2) is 42.5 Å². The van der Waals surface area contributed by atoms with E-state index in [-0.39, 0.29) is 5.69 Å². The number of hydrogen-bond donors (Lipinski definition) is 1. The summed E-state index contributed by atoms with van der Waals surface area (Å²) in [5, 5.41) is 11.5. The zero-order valence-electron chi connectivity index (χ0n) is 13.0. The lowest BCUT2D eigenvalue weighted by atomic mass is 9.97. The maximum absolute atomic E-state index is 11.7. The summed E-state index contributed by atoms with van der Waals surface area (Å²) >= 11 is 12.3. The van der Waals surface area contributed by atoms with Crippen LogP contribution in [0.3, 0.4) is 0 Å². The summed E-state index contributed by atoms with van der Waals surface area (Å²) in [6, 6.07) is 12.5. The second-order valence-electron chi connectivity index (χ2n) is 5.56. The fraction of sp³-hybridized carbons (Fsp3) is 0.111. The predicted molar refractivity (Wildman–Crippen MR) is 98.5 cm³/mol. The number of carbonyl (C=O) groups is 1. The topological polar surface area (TPSA) is 53.4 Å². The van der Waals surface area contributed by atoms with E-state index >= 15 is 0 Å². The fourth-order valence-electron chi connectivity index (χ4n) is 2.75. The van der Waals surface area contributed by atoms with E-state index in [2.05, 4.69) is 4.98 Å². The molecule has 0 bridgehead atoms. The van der Waals surface area contributed by atoms with Crippen molar-refractivity contribution in [1.82, 2.24) is 4.98 Å². The summed E-state index contributed by atoms with van der Waals surface area (Å²) in [7, 11) is 3.57. The third kappa shape index (κ3) is 2.90. The summed E-state index contributed by atoms with van der Waals surface area (Å²) in [6.45, 7) is 0. The Bertz CT molecular complexity index is 955. The highest BCUT2D eigenvalue weighted by molar-refractivity contribution is 6.32. The zero-order valence-corrected chi connectivity index (χ0v) is 14.6. The Morgan fingerprint density at radius 1 is 1.08 bits per heavy atom. The molecule has 24 heavy (non-hydrogen) atoms. The van der Waals surface area contributed by atoms with Gasteiger partial charge >= 0.3 is 5.97 Å². The lowest BCUT2D eigenvalue weighted by Crippen LogP contribution is -2.17. The van der Waals surface area contributed by atoms with Crippen LogP contribution < -0.4 is 4.90 Å². The minimum Gasteiger partial charge on any atom is -0.476 e. The van der Waals surface area contributed by atoms with Gasteiger partial charge in [0.1, 0.15) is 0 Å². The van der Waals surface area contributed by atoms with E-state index in [9.17, 15) is 9.90 Å². The Morgan fingerprint density at radius 3 is 2.42 bits per heavy atom. The van der Waals surface area contributed by atoms with Crippen LogP contribution in [-0.2, 0) is 0 Å². The molecule has 0 aliphatic carbocycles. The largest absolute Gasteiger partial charge is 0.476 e. The SMILES string of the molecule is CN(C)c1c(C(=O)O)nc2ccc(Cl)cc2c1-c1cccc(Cl)c1. The summed E-state index contributed by atoms with van der Waals surface area (Å²) < 4.78 is 0. The molecule has 1 heterocycles. The standard InChI is InChI=1S/C18H14Cl2N2O2/c1-22(2)17-15(10-4-3-5-11(19)8-10)13-9-12(20)6-7-14(13)21-16(17)18(23)24/h3-9H,1-2H3,(H,23,24). The monoisotopic (exact) mass is 360 g/mol. The number of aromatic nitrogens is 1. The molecule has 3 rings (SSSR count). The third-order valence-electron chi connectivity index (χ3n) is 3.68. The number of carboxylic acid groups (broad SMARTS) is 1. The van der Waals surface area contributed by atoms with Crippen LogP contribution >= 0.6 is 23.2 Å². The molecule has 1 N–H and O–H groups in total. The fourth-order valence-corrected chi connectivity index (χ4v) is 3.11. The normalized spacial score (nSPS) is 10.8. The van der Waals surface area contributed by atoms with Gasteiger partial charge in [0, 0.05) is 35.1 Å². The van der Waals surface area contributed by atoms with Crippen LogP contribution in [0.5, 0.6) is 0 Å². The molecule has 0 saturated heterocycles. The van der Waals surface area contributed by atoms with Crippen molar-refractivity contribution in [3.63, 3.8) is 0 Å². The van der Waals surface area contributed by atoms with Crippen molar-refractivity contribution in [2.75, 3.05) is 19.0 Å². The molecular formula is C18H14Cl2N2O2. The number of rotatable bonds is 3. The first-order chi connectivity index (χ1) is 11.4. The lowest BCUT2D eigenvalue weighted by Gasteiger charge is -2.22. The highest BCUT2D eigenvalue weighted by atomic mass is 35.5. The molecule has 0 radical (unpaired) electrons. The number of benzene rings is 2. The van der Waals surface area contributed by atoms with E-state index in [0.717, 1.165) is 16.5 Å². The number of hydrogen-bond acceptors (Lipinski definition) is 3. The number of pyridine rings is 1. The number of fused-ring (bicyclic) bond motifs is 1. The predicted octanol–water partition coefficient (Wildman–Crippen LogP) is 4.97. The zero-order chi connectivity index (χ0) is 17.4. The first-order valence-electron chi connectivity index (χ1n) is 7.18. The minimum absolute atomic E-state index is 0.00945. The maximum atomic E-state index is 11.7. The molecule has 0 aliphatic heterocycles. The van der Waals surface area contributed by atoms with E-state index in [4.69, 9.17) is 23.2 Å². The molecule has 0 atom stereocenters. The number of halogens is 2. The highest BCUT2D eigenvalue weighted by Crippen LogP contribution is 2.39. The molecule has 2 aromatic carbocycles. The summed E-state index contributed by atoms with van der Waals surface area (Å²) in [5.74, 6) is -1.08. The number of aromatic carboxylic acids is 1. The molecule has 0 fully saturated rings. The van der Waals surface area contributed by atoms with Gasteiger partial charge in [-0.1, -0.05) is 35.3 Å². The Hall–Kier alpha value is -2.30. The van der Waals surface area contributed by atoms with Gasteiger partial charge in [-0.2, -0.15) is 0 Å². The van der Waals surface area contributed by atoms with Crippen LogP contribution in [0.2, 0.25) is 10.0 Å². The third-order valence-corrected chi connectivity index (χ3v) is 4.15. The summed E-state index contributed by atoms with van der Waals surface area (Å²) in [5.41, 5.74) is 2.62. The van der Waals surface area contributed by atoms with Crippen LogP contribution in [0.4, 0.5) is 5.69 Å². The van der Waals surface area contributed by atoms with Crippen molar-refractivity contribution in [3.8, 4) is 11.1 Å². The van der Waals surface area contributed by atoms with Gasteiger partial charge in [0.05, 0.1) is 11.2 Å². The minimum atomic E-state index is -1.08. The second-order valence-corrected chi connectivity index (χ2v) is 6.43. The molecular weight excluding hydrogens is 347 g/mol. The van der Waals surface area contributed by atoms with Crippen molar-refractivity contribution < 1.29 is 9.90 Å². The van der Waals surface area contributed by atoms with Gasteiger partial charge in [-0.25, -0.2) is 9.78 Å². The average molecular weight is 361 g/mol. The molecule has 0 unspecified atom stereocenters. The quantitative estimate of drug-likeness (QED) is 0.715. The first-order valence-corrected chi connectivity index (χ1v) is 7.94. The van der Waals surface area contributed by atoms with Crippen LogP contribution in [-0.4, -0.2) is 30.2 Å². The van der Waals surface area contributed by atoms with Gasteiger partial charge < -0.3 is 10.0 Å². The van der Waals surface area contributed by atoms with Crippen molar-refractivity contribution in [2.45, 2.75) is 0 Å². The number of anilines is 1. The highest BCUT2D eigenvalue weighted by Gasteiger charge is 2.22. The Labute approximate surface area is 149 Å². The Morgan fingerprint density at radius 2 is 1.79 bits per heavy atom. The Balaban J connectivity index is 2.52. The second kappa shape index (κ2) is 6.30. The van der Waals surface area contributed by atoms with Crippen molar-refractivity contribution >= 4 is 45.8 Å². The number of carboxylic acids is 1. The van der Waals surface area contributed by atoms with Crippen LogP contribution in [0.1, 0.15) is 10.5 Å². The van der Waals surface area contributed by atoms with Gasteiger partial charge in [0.2, 0.25) is 0 Å². The molecule has 3 aromatic rings. The molecule has 1 aromatic heterocycles.